The van der Waals surface area contributed by atoms with E-state index in [0.29, 0.717) is 0 Å². The van der Waals surface area contributed by atoms with Gasteiger partial charge >= 0.3 is 0 Å². The standard InChI is InChI=1S/C19H21ClFN3O/c1-13-11-15(24-9-7-23(2)8-10-24)4-6-18(13)22-19(25)16-5-3-14(21)12-17(16)20/h3-6,11-12H,7-10H2,1-2H3,(H,22,25). The maximum Gasteiger partial charge on any atom is 0.257 e. The average molecular weight is 362 g/mol. The molecular weight excluding hydrogens is 341 g/mol. The van der Waals surface area contributed by atoms with Crippen molar-refractivity contribution in [3.63, 3.8) is 0 Å². The number of nitrogens with zero attached hydrogens (tertiary/aromatic N) is 2. The highest BCUT2D eigenvalue weighted by Gasteiger charge is 2.16. The molecule has 1 aliphatic rings. The molecule has 0 saturated carbocycles. The zero-order valence-corrected chi connectivity index (χ0v) is 15.1. The molecule has 0 unspecified atom stereocenters. The fraction of sp³-hybridized carbons (Fsp3) is 0.316. The van der Waals surface area contributed by atoms with Crippen molar-refractivity contribution >= 4 is 28.9 Å². The summed E-state index contributed by atoms with van der Waals surface area (Å²) in [5.74, 6) is -0.810. The van der Waals surface area contributed by atoms with Crippen molar-refractivity contribution in [1.29, 1.82) is 0 Å². The minimum absolute atomic E-state index is 0.101. The molecule has 0 radical (unpaired) electrons. The number of hydrogen-bond donors (Lipinski definition) is 1. The molecule has 2 aromatic rings. The fourth-order valence-electron chi connectivity index (χ4n) is 2.91. The summed E-state index contributed by atoms with van der Waals surface area (Å²) < 4.78 is 13.1. The molecule has 2 aromatic carbocycles. The van der Waals surface area contributed by atoms with Gasteiger partial charge in [-0.15, -0.1) is 0 Å². The van der Waals surface area contributed by atoms with E-state index < -0.39 is 5.82 Å². The molecule has 0 spiro atoms. The summed E-state index contributed by atoms with van der Waals surface area (Å²) in [6, 6.07) is 9.75. The lowest BCUT2D eigenvalue weighted by atomic mass is 10.1. The van der Waals surface area contributed by atoms with E-state index in [2.05, 4.69) is 28.2 Å². The molecule has 1 heterocycles. The number of carbonyl (C=O) groups is 1. The van der Waals surface area contributed by atoms with E-state index in [-0.39, 0.29) is 16.5 Å². The normalized spacial score (nSPS) is 15.3. The highest BCUT2D eigenvalue weighted by atomic mass is 35.5. The van der Waals surface area contributed by atoms with Crippen LogP contribution >= 0.6 is 11.6 Å². The van der Waals surface area contributed by atoms with Gasteiger partial charge in [-0.3, -0.25) is 4.79 Å². The first-order valence-electron chi connectivity index (χ1n) is 8.24. The molecule has 1 fully saturated rings. The molecule has 0 atom stereocenters. The van der Waals surface area contributed by atoms with Gasteiger partial charge in [0.15, 0.2) is 0 Å². The van der Waals surface area contributed by atoms with Crippen LogP contribution in [0.2, 0.25) is 5.02 Å². The molecule has 1 saturated heterocycles. The predicted octanol–water partition coefficient (Wildman–Crippen LogP) is 3.79. The average Bonchev–Trinajstić information content (AvgIpc) is 2.57. The van der Waals surface area contributed by atoms with Crippen molar-refractivity contribution in [3.05, 3.63) is 58.4 Å². The summed E-state index contributed by atoms with van der Waals surface area (Å²) in [5.41, 5.74) is 3.11. The van der Waals surface area contributed by atoms with Crippen LogP contribution in [0.15, 0.2) is 36.4 Å². The zero-order chi connectivity index (χ0) is 18.0. The van der Waals surface area contributed by atoms with Gasteiger partial charge in [0.05, 0.1) is 10.6 Å². The molecule has 1 N–H and O–H groups in total. The van der Waals surface area contributed by atoms with Crippen molar-refractivity contribution in [2.45, 2.75) is 6.92 Å². The van der Waals surface area contributed by atoms with Gasteiger partial charge in [-0.25, -0.2) is 4.39 Å². The first kappa shape index (κ1) is 17.7. The smallest absolute Gasteiger partial charge is 0.257 e. The Bertz CT molecular complexity index is 788. The van der Waals surface area contributed by atoms with Gasteiger partial charge in [-0.1, -0.05) is 11.6 Å². The Morgan fingerprint density at radius 3 is 2.48 bits per heavy atom. The van der Waals surface area contributed by atoms with E-state index in [1.54, 1.807) is 0 Å². The lowest BCUT2D eigenvalue weighted by Crippen LogP contribution is -2.44. The number of piperazine rings is 1. The van der Waals surface area contributed by atoms with Crippen LogP contribution < -0.4 is 10.2 Å². The Balaban J connectivity index is 1.74. The van der Waals surface area contributed by atoms with Crippen LogP contribution in [-0.4, -0.2) is 44.0 Å². The molecule has 0 bridgehead atoms. The van der Waals surface area contributed by atoms with E-state index >= 15 is 0 Å². The SMILES string of the molecule is Cc1cc(N2CCN(C)CC2)ccc1NC(=O)c1ccc(F)cc1Cl. The Kier molecular flexibility index (Phi) is 5.25. The van der Waals surface area contributed by atoms with Gasteiger partial charge < -0.3 is 15.1 Å². The predicted molar refractivity (Wildman–Crippen MR) is 100 cm³/mol. The number of amides is 1. The Morgan fingerprint density at radius 2 is 1.84 bits per heavy atom. The molecular formula is C19H21ClFN3O. The number of anilines is 2. The second-order valence-corrected chi connectivity index (χ2v) is 6.78. The second-order valence-electron chi connectivity index (χ2n) is 6.37. The van der Waals surface area contributed by atoms with E-state index in [1.165, 1.54) is 12.1 Å². The number of halogens is 2. The van der Waals surface area contributed by atoms with Gasteiger partial charge in [0, 0.05) is 37.6 Å². The highest BCUT2D eigenvalue weighted by Crippen LogP contribution is 2.25. The van der Waals surface area contributed by atoms with Crippen LogP contribution in [0.25, 0.3) is 0 Å². The van der Waals surface area contributed by atoms with Gasteiger partial charge in [-0.2, -0.15) is 0 Å². The summed E-state index contributed by atoms with van der Waals surface area (Å²) in [4.78, 5) is 17.0. The van der Waals surface area contributed by atoms with Crippen LogP contribution in [0, 0.1) is 12.7 Å². The Morgan fingerprint density at radius 1 is 1.12 bits per heavy atom. The van der Waals surface area contributed by atoms with Crippen LogP contribution in [-0.2, 0) is 0 Å². The van der Waals surface area contributed by atoms with Crippen LogP contribution in [0.1, 0.15) is 15.9 Å². The Labute approximate surface area is 152 Å². The third-order valence-corrected chi connectivity index (χ3v) is 4.82. The minimum Gasteiger partial charge on any atom is -0.369 e. The molecule has 0 aromatic heterocycles. The number of benzene rings is 2. The van der Waals surface area contributed by atoms with Crippen molar-refractivity contribution < 1.29 is 9.18 Å². The van der Waals surface area contributed by atoms with Gasteiger partial charge in [0.2, 0.25) is 0 Å². The van der Waals surface area contributed by atoms with E-state index in [4.69, 9.17) is 11.6 Å². The van der Waals surface area contributed by atoms with Crippen LogP contribution in [0.4, 0.5) is 15.8 Å². The Hall–Kier alpha value is -2.11. The summed E-state index contributed by atoms with van der Waals surface area (Å²) in [5, 5.41) is 2.95. The summed E-state index contributed by atoms with van der Waals surface area (Å²) >= 11 is 5.96. The molecule has 25 heavy (non-hydrogen) atoms. The summed E-state index contributed by atoms with van der Waals surface area (Å²) in [7, 11) is 2.13. The lowest BCUT2D eigenvalue weighted by Gasteiger charge is -2.34. The molecule has 1 amide bonds. The van der Waals surface area contributed by atoms with Crippen molar-refractivity contribution in [2.24, 2.45) is 0 Å². The lowest BCUT2D eigenvalue weighted by molar-refractivity contribution is 0.102. The van der Waals surface area contributed by atoms with Gasteiger partial charge in [0.25, 0.3) is 5.91 Å². The first-order valence-corrected chi connectivity index (χ1v) is 8.62. The number of aryl methyl sites for hydroxylation is 1. The van der Waals surface area contributed by atoms with E-state index in [0.717, 1.165) is 49.2 Å². The number of carbonyl (C=O) groups excluding carboxylic acids is 1. The molecule has 4 nitrogen and oxygen atoms in total. The molecule has 6 heteroatoms. The fourth-order valence-corrected chi connectivity index (χ4v) is 3.17. The third kappa shape index (κ3) is 4.11. The van der Waals surface area contributed by atoms with Gasteiger partial charge in [0.1, 0.15) is 5.82 Å². The van der Waals surface area contributed by atoms with Crippen molar-refractivity contribution in [2.75, 3.05) is 43.4 Å². The van der Waals surface area contributed by atoms with Crippen LogP contribution in [0.3, 0.4) is 0 Å². The van der Waals surface area contributed by atoms with Gasteiger partial charge in [-0.05, 0) is 55.9 Å². The highest BCUT2D eigenvalue weighted by molar-refractivity contribution is 6.34. The largest absolute Gasteiger partial charge is 0.369 e. The maximum atomic E-state index is 13.1. The topological polar surface area (TPSA) is 35.6 Å². The molecule has 0 aliphatic carbocycles. The van der Waals surface area contributed by atoms with Crippen molar-refractivity contribution in [3.8, 4) is 0 Å². The maximum absolute atomic E-state index is 13.1. The van der Waals surface area contributed by atoms with Crippen LogP contribution in [0.5, 0.6) is 0 Å². The van der Waals surface area contributed by atoms with Crippen molar-refractivity contribution in [1.82, 2.24) is 4.90 Å². The van der Waals surface area contributed by atoms with E-state index in [1.807, 2.05) is 19.1 Å². The van der Waals surface area contributed by atoms with E-state index in [9.17, 15) is 9.18 Å². The molecule has 132 valence electrons. The summed E-state index contributed by atoms with van der Waals surface area (Å²) in [6.45, 7) is 6.03. The number of hydrogen-bond acceptors (Lipinski definition) is 3. The monoisotopic (exact) mass is 361 g/mol. The third-order valence-electron chi connectivity index (χ3n) is 4.50. The summed E-state index contributed by atoms with van der Waals surface area (Å²) in [6.07, 6.45) is 0. The zero-order valence-electron chi connectivity index (χ0n) is 14.4. The number of nitrogens with one attached hydrogen (secondary N) is 1. The first-order chi connectivity index (χ1) is 11.9. The number of likely N-dealkylation sites (N-methyl/N-ethyl adjacent to an activating group) is 1. The molecule has 1 aliphatic heterocycles. The second kappa shape index (κ2) is 7.42. The quantitative estimate of drug-likeness (QED) is 0.903. The molecule has 3 rings (SSSR count). The number of rotatable bonds is 3. The minimum atomic E-state index is -0.464.